The largest absolute Gasteiger partial charge is 0.508 e. The van der Waals surface area contributed by atoms with Gasteiger partial charge in [0.2, 0.25) is 0 Å². The lowest BCUT2D eigenvalue weighted by Gasteiger charge is -2.13. The van der Waals surface area contributed by atoms with E-state index in [-0.39, 0.29) is 5.75 Å². The van der Waals surface area contributed by atoms with Crippen LogP contribution in [0.1, 0.15) is 18.1 Å². The number of aromatic hydroxyl groups is 1. The first-order valence-corrected chi connectivity index (χ1v) is 5.43. The van der Waals surface area contributed by atoms with Crippen LogP contribution in [0.5, 0.6) is 5.75 Å². The minimum absolute atomic E-state index is 0.0849. The van der Waals surface area contributed by atoms with Crippen molar-refractivity contribution >= 4 is 7.60 Å². The van der Waals surface area contributed by atoms with Crippen LogP contribution in [-0.2, 0) is 4.57 Å². The predicted molar refractivity (Wildman–Crippen MR) is 48.6 cm³/mol. The standard InChI is InChI=1S/C8H11O4P/c1-6(13(10,11)12)7-2-4-8(9)5-3-7/h2-6,9H,1H3,(H2,10,11,12). The highest BCUT2D eigenvalue weighted by molar-refractivity contribution is 7.52. The van der Waals surface area contributed by atoms with Crippen molar-refractivity contribution in [3.8, 4) is 5.75 Å². The quantitative estimate of drug-likeness (QED) is 0.637. The molecule has 1 aromatic carbocycles. The van der Waals surface area contributed by atoms with E-state index < -0.39 is 13.3 Å². The lowest BCUT2D eigenvalue weighted by Crippen LogP contribution is -1.93. The molecule has 1 atom stereocenters. The summed E-state index contributed by atoms with van der Waals surface area (Å²) in [7, 11) is -4.08. The minimum atomic E-state index is -4.08. The predicted octanol–water partition coefficient (Wildman–Crippen LogP) is 1.63. The first kappa shape index (κ1) is 10.3. The van der Waals surface area contributed by atoms with Crippen molar-refractivity contribution in [1.29, 1.82) is 0 Å². The van der Waals surface area contributed by atoms with Crippen molar-refractivity contribution in [3.63, 3.8) is 0 Å². The summed E-state index contributed by atoms with van der Waals surface area (Å²) >= 11 is 0. The van der Waals surface area contributed by atoms with Gasteiger partial charge in [0.1, 0.15) is 5.75 Å². The Hall–Kier alpha value is -0.830. The van der Waals surface area contributed by atoms with E-state index in [1.165, 1.54) is 31.2 Å². The summed E-state index contributed by atoms with van der Waals surface area (Å²) in [5.74, 6) is 0.0849. The molecule has 0 aromatic heterocycles. The molecule has 0 saturated heterocycles. The zero-order chi connectivity index (χ0) is 10.1. The van der Waals surface area contributed by atoms with E-state index in [0.717, 1.165) is 0 Å². The molecule has 0 aliphatic rings. The van der Waals surface area contributed by atoms with Crippen molar-refractivity contribution < 1.29 is 19.5 Å². The molecule has 13 heavy (non-hydrogen) atoms. The molecule has 0 saturated carbocycles. The molecular formula is C8H11O4P. The zero-order valence-corrected chi connectivity index (χ0v) is 7.98. The smallest absolute Gasteiger partial charge is 0.332 e. The SMILES string of the molecule is CC(c1ccc(O)cc1)P(=O)(O)O. The topological polar surface area (TPSA) is 77.8 Å². The van der Waals surface area contributed by atoms with Gasteiger partial charge in [0.25, 0.3) is 0 Å². The van der Waals surface area contributed by atoms with Crippen molar-refractivity contribution in [2.45, 2.75) is 12.6 Å². The number of rotatable bonds is 2. The van der Waals surface area contributed by atoms with Gasteiger partial charge in [0.15, 0.2) is 0 Å². The molecule has 0 amide bonds. The van der Waals surface area contributed by atoms with Gasteiger partial charge in [-0.25, -0.2) is 0 Å². The summed E-state index contributed by atoms with van der Waals surface area (Å²) in [4.78, 5) is 17.7. The van der Waals surface area contributed by atoms with Crippen LogP contribution in [0.3, 0.4) is 0 Å². The van der Waals surface area contributed by atoms with Gasteiger partial charge in [-0.05, 0) is 24.6 Å². The van der Waals surface area contributed by atoms with Gasteiger partial charge in [0, 0.05) is 0 Å². The van der Waals surface area contributed by atoms with Crippen LogP contribution >= 0.6 is 7.60 Å². The van der Waals surface area contributed by atoms with Gasteiger partial charge in [-0.1, -0.05) is 12.1 Å². The highest BCUT2D eigenvalue weighted by Gasteiger charge is 2.25. The van der Waals surface area contributed by atoms with E-state index in [1.54, 1.807) is 0 Å². The van der Waals surface area contributed by atoms with E-state index in [4.69, 9.17) is 14.9 Å². The zero-order valence-electron chi connectivity index (χ0n) is 7.08. The molecule has 0 heterocycles. The van der Waals surface area contributed by atoms with Crippen molar-refractivity contribution in [2.24, 2.45) is 0 Å². The Labute approximate surface area is 76.0 Å². The van der Waals surface area contributed by atoms with E-state index in [1.807, 2.05) is 0 Å². The molecule has 0 radical (unpaired) electrons. The lowest BCUT2D eigenvalue weighted by atomic mass is 10.2. The summed E-state index contributed by atoms with van der Waals surface area (Å²) in [6.07, 6.45) is 0. The minimum Gasteiger partial charge on any atom is -0.508 e. The second-order valence-electron chi connectivity index (χ2n) is 2.86. The Kier molecular flexibility index (Phi) is 2.76. The molecule has 0 fully saturated rings. The van der Waals surface area contributed by atoms with Gasteiger partial charge in [0.05, 0.1) is 5.66 Å². The third-order valence-corrected chi connectivity index (χ3v) is 3.19. The summed E-state index contributed by atoms with van der Waals surface area (Å²) in [5, 5.41) is 8.95. The van der Waals surface area contributed by atoms with Gasteiger partial charge >= 0.3 is 7.60 Å². The third-order valence-electron chi connectivity index (χ3n) is 1.88. The second kappa shape index (κ2) is 3.50. The maximum Gasteiger partial charge on any atom is 0.332 e. The molecule has 4 nitrogen and oxygen atoms in total. The van der Waals surface area contributed by atoms with Gasteiger partial charge in [-0.3, -0.25) is 4.57 Å². The highest BCUT2D eigenvalue weighted by Crippen LogP contribution is 2.51. The number of hydrogen-bond acceptors (Lipinski definition) is 2. The van der Waals surface area contributed by atoms with E-state index in [0.29, 0.717) is 5.56 Å². The van der Waals surface area contributed by atoms with Crippen molar-refractivity contribution in [2.75, 3.05) is 0 Å². The van der Waals surface area contributed by atoms with Crippen LogP contribution in [0.15, 0.2) is 24.3 Å². The molecule has 0 bridgehead atoms. The Balaban J connectivity index is 2.97. The maximum absolute atomic E-state index is 10.8. The van der Waals surface area contributed by atoms with Gasteiger partial charge < -0.3 is 14.9 Å². The summed E-state index contributed by atoms with van der Waals surface area (Å²) in [6.45, 7) is 1.45. The molecule has 0 aliphatic carbocycles. The van der Waals surface area contributed by atoms with Crippen molar-refractivity contribution in [1.82, 2.24) is 0 Å². The van der Waals surface area contributed by atoms with E-state index in [2.05, 4.69) is 0 Å². The average molecular weight is 202 g/mol. The fraction of sp³-hybridized carbons (Fsp3) is 0.250. The highest BCUT2D eigenvalue weighted by atomic mass is 31.2. The molecule has 0 spiro atoms. The number of benzene rings is 1. The van der Waals surface area contributed by atoms with Crippen LogP contribution in [0, 0.1) is 0 Å². The van der Waals surface area contributed by atoms with Gasteiger partial charge in [-0.15, -0.1) is 0 Å². The van der Waals surface area contributed by atoms with Crippen LogP contribution in [0.25, 0.3) is 0 Å². The van der Waals surface area contributed by atoms with Crippen LogP contribution < -0.4 is 0 Å². The average Bonchev–Trinajstić information content (AvgIpc) is 2.03. The summed E-state index contributed by atoms with van der Waals surface area (Å²) in [6, 6.07) is 5.81. The van der Waals surface area contributed by atoms with Crippen LogP contribution in [0.4, 0.5) is 0 Å². The molecule has 1 aromatic rings. The van der Waals surface area contributed by atoms with Crippen molar-refractivity contribution in [3.05, 3.63) is 29.8 Å². The van der Waals surface area contributed by atoms with Crippen LogP contribution in [0.2, 0.25) is 0 Å². The Morgan fingerprint density at radius 2 is 1.69 bits per heavy atom. The first-order valence-electron chi connectivity index (χ1n) is 3.75. The fourth-order valence-corrected chi connectivity index (χ4v) is 1.51. The molecular weight excluding hydrogens is 191 g/mol. The second-order valence-corrected chi connectivity index (χ2v) is 4.81. The molecule has 3 N–H and O–H groups in total. The fourth-order valence-electron chi connectivity index (χ4n) is 0.947. The Morgan fingerprint density at radius 1 is 1.23 bits per heavy atom. The molecule has 1 unspecified atom stereocenters. The Bertz CT molecular complexity index is 327. The normalized spacial score (nSPS) is 14.1. The van der Waals surface area contributed by atoms with Gasteiger partial charge in [-0.2, -0.15) is 0 Å². The summed E-state index contributed by atoms with van der Waals surface area (Å²) < 4.78 is 10.8. The lowest BCUT2D eigenvalue weighted by molar-refractivity contribution is 0.361. The van der Waals surface area contributed by atoms with E-state index >= 15 is 0 Å². The number of phenolic OH excluding ortho intramolecular Hbond substituents is 1. The Morgan fingerprint density at radius 3 is 2.08 bits per heavy atom. The molecule has 0 aliphatic heterocycles. The number of phenols is 1. The number of hydrogen-bond donors (Lipinski definition) is 3. The molecule has 1 rings (SSSR count). The van der Waals surface area contributed by atoms with Crippen LogP contribution in [-0.4, -0.2) is 14.9 Å². The molecule has 72 valence electrons. The monoisotopic (exact) mass is 202 g/mol. The summed E-state index contributed by atoms with van der Waals surface area (Å²) in [5.41, 5.74) is -0.306. The maximum atomic E-state index is 10.8. The van der Waals surface area contributed by atoms with E-state index in [9.17, 15) is 4.57 Å². The third kappa shape index (κ3) is 2.56. The first-order chi connectivity index (χ1) is 5.91. The molecule has 5 heteroatoms.